The Kier molecular flexibility index (Phi) is 4.54. The number of ether oxygens (including phenoxy) is 3. The van der Waals surface area contributed by atoms with Crippen LogP contribution in [0.2, 0.25) is 0 Å². The summed E-state index contributed by atoms with van der Waals surface area (Å²) >= 11 is 0. The van der Waals surface area contributed by atoms with E-state index < -0.39 is 30.1 Å². The summed E-state index contributed by atoms with van der Waals surface area (Å²) in [5.41, 5.74) is 2.34. The van der Waals surface area contributed by atoms with Gasteiger partial charge in [-0.05, 0) is 43.3 Å². The van der Waals surface area contributed by atoms with E-state index in [4.69, 9.17) is 19.0 Å². The van der Waals surface area contributed by atoms with Gasteiger partial charge in [0, 0.05) is 17.2 Å². The van der Waals surface area contributed by atoms with E-state index >= 15 is 0 Å². The number of imide groups is 1. The zero-order valence-electron chi connectivity index (χ0n) is 18.8. The molecule has 3 saturated heterocycles. The highest BCUT2D eigenvalue weighted by atomic mass is 16.7. The number of ketones is 1. The standard InChI is InChI=1S/C25H22N2O7/c1-11(28)12-4-6-13(7-5-12)27-24(29)17-18(25(27)30)22-23-19(21(17)33-22)20(26-34-23)15-9-8-14(31-2)10-16(15)32-3/h4-10,17-19,21-23H,1-3H3/t17-,18+,19-,21-,22+,23-/m1/s1. The number of fused-ring (bicyclic) bond motifs is 8. The van der Waals surface area contributed by atoms with E-state index in [9.17, 15) is 14.4 Å². The molecule has 3 fully saturated rings. The van der Waals surface area contributed by atoms with E-state index in [0.29, 0.717) is 28.5 Å². The molecule has 2 bridgehead atoms. The molecule has 6 rings (SSSR count). The molecule has 0 spiro atoms. The number of hydrogen-bond acceptors (Lipinski definition) is 8. The average Bonchev–Trinajstić information content (AvgIpc) is 3.59. The van der Waals surface area contributed by atoms with Crippen LogP contribution in [-0.4, -0.2) is 55.8 Å². The van der Waals surface area contributed by atoms with Crippen molar-refractivity contribution < 1.29 is 33.4 Å². The van der Waals surface area contributed by atoms with Crippen molar-refractivity contribution in [2.24, 2.45) is 22.9 Å². The third-order valence-corrected chi connectivity index (χ3v) is 7.26. The van der Waals surface area contributed by atoms with E-state index in [2.05, 4.69) is 5.16 Å². The molecule has 0 aliphatic carbocycles. The molecule has 174 valence electrons. The molecule has 0 unspecified atom stereocenters. The number of amides is 2. The van der Waals surface area contributed by atoms with Crippen molar-refractivity contribution in [1.29, 1.82) is 0 Å². The number of rotatable bonds is 5. The summed E-state index contributed by atoms with van der Waals surface area (Å²) in [4.78, 5) is 45.4. The molecular formula is C25H22N2O7. The largest absolute Gasteiger partial charge is 0.497 e. The Labute approximate surface area is 195 Å². The van der Waals surface area contributed by atoms with Gasteiger partial charge in [-0.15, -0.1) is 0 Å². The van der Waals surface area contributed by atoms with E-state index in [1.54, 1.807) is 50.6 Å². The van der Waals surface area contributed by atoms with Crippen LogP contribution in [-0.2, 0) is 19.2 Å². The number of benzene rings is 2. The lowest BCUT2D eigenvalue weighted by atomic mass is 9.71. The molecule has 6 atom stereocenters. The minimum absolute atomic E-state index is 0.0836. The lowest BCUT2D eigenvalue weighted by Gasteiger charge is -2.26. The summed E-state index contributed by atoms with van der Waals surface area (Å²) in [6.45, 7) is 1.47. The first-order chi connectivity index (χ1) is 16.4. The van der Waals surface area contributed by atoms with Gasteiger partial charge in [-0.1, -0.05) is 5.16 Å². The van der Waals surface area contributed by atoms with E-state index in [0.717, 1.165) is 5.56 Å². The summed E-state index contributed by atoms with van der Waals surface area (Å²) in [6.07, 6.45) is -1.56. The average molecular weight is 462 g/mol. The second kappa shape index (κ2) is 7.39. The number of anilines is 1. The Morgan fingerprint density at radius 3 is 2.26 bits per heavy atom. The van der Waals surface area contributed by atoms with Crippen LogP contribution in [0.5, 0.6) is 11.5 Å². The molecular weight excluding hydrogens is 440 g/mol. The quantitative estimate of drug-likeness (QED) is 0.496. The maximum atomic E-state index is 13.5. The Morgan fingerprint density at radius 1 is 0.912 bits per heavy atom. The molecule has 4 heterocycles. The normalized spacial score (nSPS) is 30.7. The van der Waals surface area contributed by atoms with E-state index in [-0.39, 0.29) is 23.5 Å². The Balaban J connectivity index is 1.32. The fourth-order valence-electron chi connectivity index (χ4n) is 5.69. The van der Waals surface area contributed by atoms with Crippen LogP contribution in [0, 0.1) is 17.8 Å². The maximum Gasteiger partial charge on any atom is 0.240 e. The third kappa shape index (κ3) is 2.70. The van der Waals surface area contributed by atoms with Crippen molar-refractivity contribution >= 4 is 29.0 Å². The van der Waals surface area contributed by atoms with Gasteiger partial charge in [0.05, 0.1) is 43.8 Å². The van der Waals surface area contributed by atoms with Crippen LogP contribution in [0.4, 0.5) is 5.69 Å². The highest BCUT2D eigenvalue weighted by molar-refractivity contribution is 6.23. The molecule has 0 aromatic heterocycles. The van der Waals surface area contributed by atoms with Crippen molar-refractivity contribution in [3.05, 3.63) is 53.6 Å². The van der Waals surface area contributed by atoms with Gasteiger partial charge in [-0.3, -0.25) is 14.4 Å². The first-order valence-corrected chi connectivity index (χ1v) is 11.0. The molecule has 2 aromatic carbocycles. The van der Waals surface area contributed by atoms with Gasteiger partial charge in [0.15, 0.2) is 11.9 Å². The predicted molar refractivity (Wildman–Crippen MR) is 119 cm³/mol. The van der Waals surface area contributed by atoms with Crippen LogP contribution >= 0.6 is 0 Å². The lowest BCUT2D eigenvalue weighted by Crippen LogP contribution is -2.45. The fraction of sp³-hybridized carbons (Fsp3) is 0.360. The number of Topliss-reactive ketones (excluding diaryl/α,β-unsaturated/α-hetero) is 1. The molecule has 4 aliphatic rings. The first kappa shape index (κ1) is 20.9. The van der Waals surface area contributed by atoms with Crippen molar-refractivity contribution in [2.45, 2.75) is 25.2 Å². The van der Waals surface area contributed by atoms with Gasteiger partial charge >= 0.3 is 0 Å². The summed E-state index contributed by atoms with van der Waals surface area (Å²) in [5.74, 6) is -1.03. The molecule has 0 saturated carbocycles. The zero-order chi connectivity index (χ0) is 23.7. The van der Waals surface area contributed by atoms with Crippen LogP contribution < -0.4 is 14.4 Å². The summed E-state index contributed by atoms with van der Waals surface area (Å²) in [6, 6.07) is 11.9. The Hall–Kier alpha value is -3.72. The topological polar surface area (TPSA) is 104 Å². The van der Waals surface area contributed by atoms with Gasteiger partial charge < -0.3 is 19.0 Å². The second-order valence-electron chi connectivity index (χ2n) is 8.87. The monoisotopic (exact) mass is 462 g/mol. The minimum Gasteiger partial charge on any atom is -0.497 e. The number of carbonyl (C=O) groups excluding carboxylic acids is 3. The van der Waals surface area contributed by atoms with Crippen LogP contribution in [0.15, 0.2) is 47.6 Å². The van der Waals surface area contributed by atoms with Crippen LogP contribution in [0.25, 0.3) is 0 Å². The summed E-state index contributed by atoms with van der Waals surface area (Å²) < 4.78 is 17.0. The Morgan fingerprint density at radius 2 is 1.62 bits per heavy atom. The van der Waals surface area contributed by atoms with Crippen molar-refractivity contribution in [3.8, 4) is 11.5 Å². The molecule has 34 heavy (non-hydrogen) atoms. The molecule has 9 heteroatoms. The predicted octanol–water partition coefficient (Wildman–Crippen LogP) is 2.21. The number of nitrogens with zero attached hydrogens (tertiary/aromatic N) is 2. The summed E-state index contributed by atoms with van der Waals surface area (Å²) in [7, 11) is 3.14. The maximum absolute atomic E-state index is 13.5. The molecule has 2 amide bonds. The smallest absolute Gasteiger partial charge is 0.240 e. The number of methoxy groups -OCH3 is 2. The van der Waals surface area contributed by atoms with Gasteiger partial charge in [-0.2, -0.15) is 0 Å². The van der Waals surface area contributed by atoms with Crippen LogP contribution in [0.3, 0.4) is 0 Å². The zero-order valence-corrected chi connectivity index (χ0v) is 18.8. The molecule has 4 aliphatic heterocycles. The number of hydrogen-bond donors (Lipinski definition) is 0. The van der Waals surface area contributed by atoms with Gasteiger partial charge in [0.2, 0.25) is 11.8 Å². The second-order valence-corrected chi connectivity index (χ2v) is 8.87. The van der Waals surface area contributed by atoms with Gasteiger partial charge in [-0.25, -0.2) is 4.90 Å². The first-order valence-electron chi connectivity index (χ1n) is 11.0. The molecule has 2 aromatic rings. The minimum atomic E-state index is -0.626. The highest BCUT2D eigenvalue weighted by Gasteiger charge is 2.72. The van der Waals surface area contributed by atoms with Crippen molar-refractivity contribution in [1.82, 2.24) is 0 Å². The molecule has 0 N–H and O–H groups in total. The molecule has 0 radical (unpaired) electrons. The van der Waals surface area contributed by atoms with Gasteiger partial charge in [0.25, 0.3) is 0 Å². The Bertz CT molecular complexity index is 1250. The third-order valence-electron chi connectivity index (χ3n) is 7.26. The van der Waals surface area contributed by atoms with Crippen LogP contribution in [0.1, 0.15) is 22.8 Å². The SMILES string of the molecule is COc1ccc(C2=NO[C@H]3[C@H]4O[C@@H]([C@@H]23)[C@@H]2C(=O)N(c3ccc(C(C)=O)cc3)C(=O)[C@H]42)c(OC)c1. The fourth-order valence-corrected chi connectivity index (χ4v) is 5.69. The van der Waals surface area contributed by atoms with Crippen molar-refractivity contribution in [3.63, 3.8) is 0 Å². The summed E-state index contributed by atoms with van der Waals surface area (Å²) in [5, 5.41) is 4.32. The van der Waals surface area contributed by atoms with E-state index in [1.807, 2.05) is 6.07 Å². The highest BCUT2D eigenvalue weighted by Crippen LogP contribution is 2.55. The number of oxime groups is 1. The van der Waals surface area contributed by atoms with Crippen molar-refractivity contribution in [2.75, 3.05) is 19.1 Å². The molecule has 9 nitrogen and oxygen atoms in total. The lowest BCUT2D eigenvalue weighted by molar-refractivity contribution is -0.125. The van der Waals surface area contributed by atoms with E-state index in [1.165, 1.54) is 11.8 Å². The number of carbonyl (C=O) groups is 3. The van der Waals surface area contributed by atoms with Gasteiger partial charge in [0.1, 0.15) is 23.3 Å².